The van der Waals surface area contributed by atoms with Gasteiger partial charge in [-0.05, 0) is 185 Å². The Labute approximate surface area is 566 Å². The average Bonchev–Trinajstić information content (AvgIpc) is 0.831. The first-order valence-corrected chi connectivity index (χ1v) is 31.6. The van der Waals surface area contributed by atoms with Gasteiger partial charge in [-0.1, -0.05) is 81.1 Å². The van der Waals surface area contributed by atoms with Crippen molar-refractivity contribution in [1.82, 2.24) is 9.80 Å². The number of unbranched alkanes of at least 4 members (excludes halogenated alkanes) is 4. The highest BCUT2D eigenvalue weighted by Gasteiger charge is 2.36. The van der Waals surface area contributed by atoms with Gasteiger partial charge in [0.05, 0.1) is 44.8 Å². The topological polar surface area (TPSA) is 216 Å². The molecular formula is C75H82F6N4O13. The number of carbonyl (C=O) groups excluding carboxylic acids is 7. The number of aromatic hydroxyl groups is 1. The van der Waals surface area contributed by atoms with E-state index in [2.05, 4.69) is 17.6 Å². The lowest BCUT2D eigenvalue weighted by Gasteiger charge is -2.25. The number of rotatable bonds is 28. The van der Waals surface area contributed by atoms with Crippen LogP contribution in [0.5, 0.6) is 23.0 Å². The van der Waals surface area contributed by atoms with Crippen LogP contribution in [0.1, 0.15) is 151 Å². The second-order valence-corrected chi connectivity index (χ2v) is 25.0. The molecule has 23 heteroatoms. The Kier molecular flexibility index (Phi) is 27.6. The van der Waals surface area contributed by atoms with Gasteiger partial charge in [-0.15, -0.1) is 0 Å². The van der Waals surface area contributed by atoms with Gasteiger partial charge in [0.25, 0.3) is 11.8 Å². The number of anilines is 2. The van der Waals surface area contributed by atoms with E-state index in [0.29, 0.717) is 23.3 Å². The van der Waals surface area contributed by atoms with Crippen LogP contribution < -0.4 is 24.8 Å². The number of alkyl halides is 6. The van der Waals surface area contributed by atoms with E-state index in [9.17, 15) is 65.0 Å². The van der Waals surface area contributed by atoms with Crippen LogP contribution in [0.2, 0.25) is 0 Å². The third-order valence-corrected chi connectivity index (χ3v) is 14.6. The molecule has 0 atom stereocenters. The molecule has 17 nitrogen and oxygen atoms in total. The second-order valence-electron chi connectivity index (χ2n) is 25.0. The molecular weight excluding hydrogens is 1280 g/mol. The number of esters is 2. The molecule has 4 amide bonds. The van der Waals surface area contributed by atoms with Crippen LogP contribution in [0, 0.1) is 0 Å². The molecule has 0 aliphatic carbocycles. The lowest BCUT2D eigenvalue weighted by Crippen LogP contribution is -2.38. The van der Waals surface area contributed by atoms with Crippen LogP contribution in [0.3, 0.4) is 0 Å². The van der Waals surface area contributed by atoms with Crippen LogP contribution in [-0.4, -0.2) is 101 Å². The molecule has 0 saturated carbocycles. The van der Waals surface area contributed by atoms with E-state index in [-0.39, 0.29) is 89.3 Å². The number of hydrogen-bond donors (Lipinski definition) is 3. The third-order valence-electron chi connectivity index (χ3n) is 14.6. The molecule has 522 valence electrons. The maximum absolute atomic E-state index is 13.8. The minimum Gasteiger partial charge on any atom is -0.508 e. The van der Waals surface area contributed by atoms with Crippen LogP contribution in [0.25, 0.3) is 0 Å². The monoisotopic (exact) mass is 1360 g/mol. The first-order chi connectivity index (χ1) is 46.2. The summed E-state index contributed by atoms with van der Waals surface area (Å²) < 4.78 is 108. The molecule has 0 spiro atoms. The van der Waals surface area contributed by atoms with Crippen molar-refractivity contribution in [2.45, 2.75) is 136 Å². The van der Waals surface area contributed by atoms with E-state index in [4.69, 9.17) is 23.7 Å². The summed E-state index contributed by atoms with van der Waals surface area (Å²) in [4.78, 5) is 93.5. The third kappa shape index (κ3) is 25.4. The number of ether oxygens (including phenoxy) is 5. The number of phenolic OH excluding ortho intramolecular Hbond substituents is 1. The van der Waals surface area contributed by atoms with Gasteiger partial charge in [0, 0.05) is 47.6 Å². The van der Waals surface area contributed by atoms with Crippen molar-refractivity contribution < 1.29 is 88.7 Å². The van der Waals surface area contributed by atoms with Gasteiger partial charge in [0.2, 0.25) is 11.8 Å². The molecule has 0 aromatic heterocycles. The van der Waals surface area contributed by atoms with Crippen molar-refractivity contribution in [3.63, 3.8) is 0 Å². The Morgan fingerprint density at radius 2 is 0.827 bits per heavy atom. The number of methoxy groups -OCH3 is 2. The molecule has 7 aromatic carbocycles. The van der Waals surface area contributed by atoms with Gasteiger partial charge in [0.1, 0.15) is 47.3 Å². The Hall–Kier alpha value is -10.2. The number of amides is 4. The second kappa shape index (κ2) is 35.2. The minimum absolute atomic E-state index is 0.0169. The fraction of sp³-hybridized carbons (Fsp3) is 0.347. The summed E-state index contributed by atoms with van der Waals surface area (Å²) in [6.45, 7) is 12.5. The maximum atomic E-state index is 13.8. The number of hydrogen-bond acceptors (Lipinski definition) is 13. The smallest absolute Gasteiger partial charge is 0.416 e. The van der Waals surface area contributed by atoms with Crippen molar-refractivity contribution in [2.24, 2.45) is 0 Å². The van der Waals surface area contributed by atoms with Gasteiger partial charge >= 0.3 is 24.3 Å². The molecule has 7 aromatic rings. The number of carbonyl (C=O) groups is 7. The van der Waals surface area contributed by atoms with Gasteiger partial charge in [0.15, 0.2) is 5.78 Å². The number of phenols is 1. The van der Waals surface area contributed by atoms with Crippen LogP contribution in [0.15, 0.2) is 158 Å². The molecule has 0 radical (unpaired) electrons. The normalized spacial score (nSPS) is 11.5. The molecule has 0 fully saturated rings. The summed E-state index contributed by atoms with van der Waals surface area (Å²) in [7, 11) is 2.50. The molecule has 0 aliphatic heterocycles. The van der Waals surface area contributed by atoms with Crippen molar-refractivity contribution >= 4 is 52.7 Å². The molecule has 0 heterocycles. The number of halogens is 6. The number of nitrogens with one attached hydrogen (secondary N) is 2. The molecule has 7 rings (SSSR count). The largest absolute Gasteiger partial charge is 0.508 e. The predicted octanol–water partition coefficient (Wildman–Crippen LogP) is 15.2. The highest BCUT2D eigenvalue weighted by molar-refractivity contribution is 5.99. The van der Waals surface area contributed by atoms with E-state index in [1.54, 1.807) is 90.1 Å². The van der Waals surface area contributed by atoms with Gasteiger partial charge in [-0.2, -0.15) is 26.3 Å². The molecule has 98 heavy (non-hydrogen) atoms. The number of benzene rings is 7. The first kappa shape index (κ1) is 76.8. The van der Waals surface area contributed by atoms with Crippen molar-refractivity contribution in [3.05, 3.63) is 213 Å². The predicted molar refractivity (Wildman–Crippen MR) is 358 cm³/mol. The summed E-state index contributed by atoms with van der Waals surface area (Å²) in [6.07, 6.45) is -4.51. The summed E-state index contributed by atoms with van der Waals surface area (Å²) in [5, 5.41) is 14.7. The quantitative estimate of drug-likeness (QED) is 0.0180. The number of nitrogens with zero attached hydrogens (tertiary/aromatic N) is 2. The average molecular weight is 1360 g/mol. The van der Waals surface area contributed by atoms with Crippen molar-refractivity contribution in [3.8, 4) is 23.0 Å². The standard InChI is InChI=1S/C45H51F3N2O7.C30H31F3N2O6/c1-6-7-8-9-10-25-56-37-22-17-33(18-23-37)40(51)26-31-11-13-32(14-12-31)29-50(30-42(53)57-44(2,3)4)43(54)34-15-20-36(21-16-34)49-41(52)27-35-19-24-38(55-5)28-39(35)45(46,47)48;1-29(2,3)41-27(38)18-35(17-19-5-12-23(36)13-6-19)28(39)20-7-10-22(11-8-20)34-26(37)15-21-9-14-24(40-4)16-25(21)30(31,32)33/h11-24,28H,6-10,25-27,29-30H2,1-5H3,(H,49,52);5-14,16,36H,15,17-18H2,1-4H3,(H,34,37). The highest BCUT2D eigenvalue weighted by Crippen LogP contribution is 2.36. The molecule has 3 N–H and O–H groups in total. The lowest BCUT2D eigenvalue weighted by atomic mass is 10.0. The molecule has 0 bridgehead atoms. The van der Waals surface area contributed by atoms with Crippen molar-refractivity contribution in [1.29, 1.82) is 0 Å². The van der Waals surface area contributed by atoms with Gasteiger partial charge < -0.3 is 49.2 Å². The Morgan fingerprint density at radius 3 is 1.21 bits per heavy atom. The SMILES string of the molecule is CCCCCCCOc1ccc(C(=O)Cc2ccc(CN(CC(=O)OC(C)(C)C)C(=O)c3ccc(NC(=O)Cc4ccc(OC)cc4C(F)(F)F)cc3)cc2)cc1.COc1ccc(CC(=O)Nc2ccc(C(=O)N(CC(=O)OC(C)(C)C)Cc3ccc(O)cc3)cc2)c(C(F)(F)F)c1. The van der Waals surface area contributed by atoms with E-state index in [1.807, 2.05) is 12.1 Å². The summed E-state index contributed by atoms with van der Waals surface area (Å²) >= 11 is 0. The fourth-order valence-electron chi connectivity index (χ4n) is 9.90. The molecule has 0 aliphatic rings. The zero-order chi connectivity index (χ0) is 72.0. The molecule has 0 saturated heterocycles. The van der Waals surface area contributed by atoms with Crippen LogP contribution in [0.4, 0.5) is 37.7 Å². The summed E-state index contributed by atoms with van der Waals surface area (Å²) in [5.41, 5.74) is -0.234. The summed E-state index contributed by atoms with van der Waals surface area (Å²) in [5.74, 6) is -2.80. The van der Waals surface area contributed by atoms with E-state index >= 15 is 0 Å². The summed E-state index contributed by atoms with van der Waals surface area (Å²) in [6, 6.07) is 38.9. The van der Waals surface area contributed by atoms with E-state index in [0.717, 1.165) is 36.3 Å². The van der Waals surface area contributed by atoms with E-state index < -0.39 is 83.1 Å². The number of Topliss-reactive ketones (excluding diaryl/α,β-unsaturated/α-hetero) is 1. The zero-order valence-corrected chi connectivity index (χ0v) is 56.2. The van der Waals surface area contributed by atoms with Crippen LogP contribution >= 0.6 is 0 Å². The highest BCUT2D eigenvalue weighted by atomic mass is 19.4. The fourth-order valence-corrected chi connectivity index (χ4v) is 9.90. The maximum Gasteiger partial charge on any atom is 0.416 e. The first-order valence-electron chi connectivity index (χ1n) is 31.6. The van der Waals surface area contributed by atoms with Crippen molar-refractivity contribution in [2.75, 3.05) is 44.5 Å². The Morgan fingerprint density at radius 1 is 0.449 bits per heavy atom. The van der Waals surface area contributed by atoms with Gasteiger partial charge in [-0.3, -0.25) is 33.6 Å². The minimum atomic E-state index is -4.69. The lowest BCUT2D eigenvalue weighted by molar-refractivity contribution is -0.156. The zero-order valence-electron chi connectivity index (χ0n) is 56.2. The van der Waals surface area contributed by atoms with Crippen LogP contribution in [-0.2, 0) is 73.4 Å². The van der Waals surface area contributed by atoms with Gasteiger partial charge in [-0.25, -0.2) is 0 Å². The Bertz CT molecular complexity index is 3830. The number of ketones is 1. The van der Waals surface area contributed by atoms with E-state index in [1.165, 1.54) is 128 Å². The Balaban J connectivity index is 0.000000326. The molecule has 0 unspecified atom stereocenters.